The van der Waals surface area contributed by atoms with Crippen LogP contribution in [0.2, 0.25) is 0 Å². The molecule has 40 heavy (non-hydrogen) atoms. The van der Waals surface area contributed by atoms with Crippen molar-refractivity contribution in [3.05, 3.63) is 106 Å². The minimum Gasteiger partial charge on any atom is -0.390 e. The van der Waals surface area contributed by atoms with Gasteiger partial charge in [0, 0.05) is 30.8 Å². The molecule has 1 aliphatic heterocycles. The van der Waals surface area contributed by atoms with Crippen molar-refractivity contribution < 1.29 is 18.7 Å². The van der Waals surface area contributed by atoms with Gasteiger partial charge in [-0.1, -0.05) is 57.0 Å². The van der Waals surface area contributed by atoms with Crippen molar-refractivity contribution in [2.24, 2.45) is 0 Å². The lowest BCUT2D eigenvalue weighted by molar-refractivity contribution is 0.0829. The first-order valence-corrected chi connectivity index (χ1v) is 14.4. The highest BCUT2D eigenvalue weighted by Gasteiger charge is 2.25. The van der Waals surface area contributed by atoms with Crippen LogP contribution in [-0.4, -0.2) is 36.2 Å². The molecule has 0 spiro atoms. The topological polar surface area (TPSA) is 73.4 Å². The third-order valence-corrected chi connectivity index (χ3v) is 7.66. The zero-order valence-electron chi connectivity index (χ0n) is 23.5. The van der Waals surface area contributed by atoms with E-state index < -0.39 is 23.8 Å². The average molecular weight is 550 g/mol. The number of amides is 1. The quantitative estimate of drug-likeness (QED) is 0.231. The Hall–Kier alpha value is -3.13. The van der Waals surface area contributed by atoms with Crippen molar-refractivity contribution >= 4 is 5.91 Å². The molecule has 3 unspecified atom stereocenters. The number of rotatable bonds is 13. The second-order valence-corrected chi connectivity index (χ2v) is 10.7. The fourth-order valence-corrected chi connectivity index (χ4v) is 5.43. The molecule has 3 atom stereocenters. The van der Waals surface area contributed by atoms with E-state index in [1.807, 2.05) is 30.3 Å². The smallest absolute Gasteiger partial charge is 0.251 e. The molecular weight excluding hydrogens is 508 g/mol. The molecule has 0 aliphatic carbocycles. The van der Waals surface area contributed by atoms with Crippen LogP contribution >= 0.6 is 0 Å². The first kappa shape index (κ1) is 29.8. The van der Waals surface area contributed by atoms with Crippen LogP contribution < -0.4 is 16.0 Å². The summed E-state index contributed by atoms with van der Waals surface area (Å²) in [6.07, 6.45) is 4.16. The Balaban J connectivity index is 1.49. The van der Waals surface area contributed by atoms with E-state index in [2.05, 4.69) is 41.9 Å². The Bertz CT molecular complexity index is 1260. The third-order valence-electron chi connectivity index (χ3n) is 7.66. The van der Waals surface area contributed by atoms with Crippen LogP contribution in [0.4, 0.5) is 8.78 Å². The molecule has 0 saturated carbocycles. The molecule has 0 aromatic heterocycles. The number of nitrogens with one attached hydrogen (secondary N) is 3. The molecule has 5 nitrogen and oxygen atoms in total. The minimum absolute atomic E-state index is 0.0835. The summed E-state index contributed by atoms with van der Waals surface area (Å²) in [6, 6.07) is 16.7. The fourth-order valence-electron chi connectivity index (χ4n) is 5.43. The second-order valence-electron chi connectivity index (χ2n) is 10.7. The van der Waals surface area contributed by atoms with Crippen molar-refractivity contribution in [3.8, 4) is 0 Å². The van der Waals surface area contributed by atoms with E-state index in [1.54, 1.807) is 0 Å². The molecule has 0 fully saturated rings. The number of aryl methyl sites for hydroxylation is 1. The highest BCUT2D eigenvalue weighted by atomic mass is 19.1. The molecule has 1 heterocycles. The predicted molar refractivity (Wildman–Crippen MR) is 155 cm³/mol. The SMILES string of the molecule is CCCCC1NCCc2ccc(C(=O)NC(Cc3cc(F)cc(F)c3)C(O)CNCc3cccc(CC)c3)cc21. The van der Waals surface area contributed by atoms with E-state index in [-0.39, 0.29) is 24.9 Å². The van der Waals surface area contributed by atoms with Gasteiger partial charge in [-0.2, -0.15) is 0 Å². The monoisotopic (exact) mass is 549 g/mol. The Kier molecular flexibility index (Phi) is 10.8. The molecule has 4 rings (SSSR count). The maximum absolute atomic E-state index is 13.9. The Morgan fingerprint density at radius 1 is 1.02 bits per heavy atom. The first-order valence-electron chi connectivity index (χ1n) is 14.4. The highest BCUT2D eigenvalue weighted by Crippen LogP contribution is 2.28. The van der Waals surface area contributed by atoms with Gasteiger partial charge in [-0.3, -0.25) is 4.79 Å². The highest BCUT2D eigenvalue weighted by molar-refractivity contribution is 5.94. The van der Waals surface area contributed by atoms with Crippen LogP contribution in [0.3, 0.4) is 0 Å². The summed E-state index contributed by atoms with van der Waals surface area (Å²) in [4.78, 5) is 13.4. The van der Waals surface area contributed by atoms with Crippen LogP contribution in [-0.2, 0) is 25.8 Å². The lowest BCUT2D eigenvalue weighted by Crippen LogP contribution is -2.48. The number of hydrogen-bond acceptors (Lipinski definition) is 4. The Labute approximate surface area is 236 Å². The van der Waals surface area contributed by atoms with Gasteiger partial charge in [-0.25, -0.2) is 8.78 Å². The van der Waals surface area contributed by atoms with Crippen molar-refractivity contribution in [1.82, 2.24) is 16.0 Å². The van der Waals surface area contributed by atoms with E-state index in [0.717, 1.165) is 55.8 Å². The maximum atomic E-state index is 13.9. The van der Waals surface area contributed by atoms with Crippen LogP contribution in [0.5, 0.6) is 0 Å². The second kappa shape index (κ2) is 14.5. The number of halogens is 2. The number of aliphatic hydroxyl groups is 1. The number of unbranched alkanes of at least 4 members (excludes halogenated alkanes) is 1. The molecule has 0 saturated heterocycles. The van der Waals surface area contributed by atoms with Gasteiger partial charge in [-0.15, -0.1) is 0 Å². The number of carbonyl (C=O) groups excluding carboxylic acids is 1. The molecule has 214 valence electrons. The van der Waals surface area contributed by atoms with Crippen LogP contribution in [0, 0.1) is 11.6 Å². The molecule has 0 bridgehead atoms. The molecular formula is C33H41F2N3O2. The summed E-state index contributed by atoms with van der Waals surface area (Å²) in [5.74, 6) is -1.70. The van der Waals surface area contributed by atoms with Crippen LogP contribution in [0.25, 0.3) is 0 Å². The van der Waals surface area contributed by atoms with E-state index in [9.17, 15) is 18.7 Å². The van der Waals surface area contributed by atoms with Gasteiger partial charge < -0.3 is 21.1 Å². The van der Waals surface area contributed by atoms with E-state index in [0.29, 0.717) is 17.7 Å². The van der Waals surface area contributed by atoms with Gasteiger partial charge in [0.25, 0.3) is 5.91 Å². The number of benzene rings is 3. The summed E-state index contributed by atoms with van der Waals surface area (Å²) >= 11 is 0. The lowest BCUT2D eigenvalue weighted by Gasteiger charge is -2.28. The van der Waals surface area contributed by atoms with Gasteiger partial charge in [0.05, 0.1) is 12.1 Å². The van der Waals surface area contributed by atoms with Crippen molar-refractivity contribution in [2.75, 3.05) is 13.1 Å². The summed E-state index contributed by atoms with van der Waals surface area (Å²) in [5.41, 5.74) is 5.60. The van der Waals surface area contributed by atoms with Crippen molar-refractivity contribution in [1.29, 1.82) is 0 Å². The molecule has 4 N–H and O–H groups in total. The molecule has 0 radical (unpaired) electrons. The molecule has 7 heteroatoms. The molecule has 1 amide bonds. The lowest BCUT2D eigenvalue weighted by atomic mass is 9.89. The van der Waals surface area contributed by atoms with E-state index >= 15 is 0 Å². The number of carbonyl (C=O) groups is 1. The summed E-state index contributed by atoms with van der Waals surface area (Å²) in [7, 11) is 0. The van der Waals surface area contributed by atoms with Crippen LogP contribution in [0.1, 0.15) is 77.3 Å². The standard InChI is InChI=1S/C33H41F2N3O2/c1-3-5-9-30-29-18-26(11-10-25(29)12-13-37-30)33(40)38-31(17-24-15-27(34)19-28(35)16-24)32(39)21-36-20-23-8-6-7-22(4-2)14-23/h6-8,10-11,14-16,18-19,30-32,36-37,39H,3-5,9,12-13,17,20-21H2,1-2H3,(H,38,40). The molecule has 1 aliphatic rings. The fraction of sp³-hybridized carbons (Fsp3) is 0.424. The maximum Gasteiger partial charge on any atom is 0.251 e. The van der Waals surface area contributed by atoms with Gasteiger partial charge in [0.15, 0.2) is 0 Å². The minimum atomic E-state index is -0.985. The van der Waals surface area contributed by atoms with Gasteiger partial charge in [0.2, 0.25) is 0 Å². The number of hydrogen-bond donors (Lipinski definition) is 4. The van der Waals surface area contributed by atoms with Gasteiger partial charge in [0.1, 0.15) is 11.6 Å². The largest absolute Gasteiger partial charge is 0.390 e. The Morgan fingerprint density at radius 3 is 2.55 bits per heavy atom. The molecule has 3 aromatic rings. The summed E-state index contributed by atoms with van der Waals surface area (Å²) in [6.45, 7) is 5.94. The normalized spacial score (nSPS) is 16.3. The van der Waals surface area contributed by atoms with E-state index in [4.69, 9.17) is 0 Å². The first-order chi connectivity index (χ1) is 19.4. The van der Waals surface area contributed by atoms with Gasteiger partial charge in [-0.05, 0) is 84.3 Å². The number of fused-ring (bicyclic) bond motifs is 1. The van der Waals surface area contributed by atoms with Gasteiger partial charge >= 0.3 is 0 Å². The van der Waals surface area contributed by atoms with Crippen molar-refractivity contribution in [2.45, 2.75) is 77.1 Å². The average Bonchev–Trinajstić information content (AvgIpc) is 2.95. The molecule has 3 aromatic carbocycles. The Morgan fingerprint density at radius 2 is 1.80 bits per heavy atom. The zero-order chi connectivity index (χ0) is 28.5. The zero-order valence-corrected chi connectivity index (χ0v) is 23.5. The summed E-state index contributed by atoms with van der Waals surface area (Å²) < 4.78 is 27.9. The van der Waals surface area contributed by atoms with E-state index in [1.165, 1.54) is 23.3 Å². The van der Waals surface area contributed by atoms with Crippen LogP contribution in [0.15, 0.2) is 60.7 Å². The number of aliphatic hydroxyl groups excluding tert-OH is 1. The third kappa shape index (κ3) is 8.19. The summed E-state index contributed by atoms with van der Waals surface area (Å²) in [5, 5.41) is 20.9. The predicted octanol–water partition coefficient (Wildman–Crippen LogP) is 5.40. The van der Waals surface area contributed by atoms with Crippen molar-refractivity contribution in [3.63, 3.8) is 0 Å².